The first kappa shape index (κ1) is 38.1. The number of pyridine rings is 1. The molecule has 3 amide bonds. The Morgan fingerprint density at radius 1 is 0.946 bits per heavy atom. The number of benzene rings is 3. The van der Waals surface area contributed by atoms with Crippen LogP contribution in [-0.4, -0.2) is 63.0 Å². The topological polar surface area (TPSA) is 133 Å². The van der Waals surface area contributed by atoms with E-state index in [2.05, 4.69) is 11.4 Å². The summed E-state index contributed by atoms with van der Waals surface area (Å²) >= 11 is 1.40. The molecule has 1 N–H and O–H groups in total. The third kappa shape index (κ3) is 8.53. The number of carbonyl (C=O) groups is 4. The number of ether oxygens (including phenoxy) is 2. The molecule has 2 atom stereocenters. The number of hydrogen-bond donors (Lipinski definition) is 1. The van der Waals surface area contributed by atoms with Crippen molar-refractivity contribution in [3.05, 3.63) is 160 Å². The third-order valence-electron chi connectivity index (χ3n) is 9.64. The smallest absolute Gasteiger partial charge is 0.408 e. The van der Waals surface area contributed by atoms with Gasteiger partial charge in [-0.3, -0.25) is 14.5 Å². The number of esters is 1. The van der Waals surface area contributed by atoms with Crippen LogP contribution in [0.2, 0.25) is 0 Å². The van der Waals surface area contributed by atoms with Crippen LogP contribution in [0.25, 0.3) is 0 Å². The number of fused-ring (bicyclic) bond motifs is 1. The molecule has 284 valence electrons. The molecule has 12 heteroatoms. The van der Waals surface area contributed by atoms with Crippen molar-refractivity contribution >= 4 is 35.6 Å². The van der Waals surface area contributed by atoms with Gasteiger partial charge in [0.15, 0.2) is 25.0 Å². The normalized spacial score (nSPS) is 18.7. The molecule has 4 heterocycles. The van der Waals surface area contributed by atoms with Gasteiger partial charge in [-0.15, -0.1) is 11.8 Å². The Balaban J connectivity index is 1.13. The SMILES string of the molecule is CC(C)(C)OC(=O)N[C@@H]1C(=O)N2C(C(=O)OC(c3ccccc3)c3ccccc3)=C(C=C3CCN(Cc4cc[n+](Cc5ccc(C#N)cc5)cc4)C3=O)CS[C@H]12. The largest absolute Gasteiger partial charge is 0.448 e. The summed E-state index contributed by atoms with van der Waals surface area (Å²) in [4.78, 5) is 57.9. The molecule has 1 aromatic heterocycles. The molecule has 0 saturated carbocycles. The molecule has 11 nitrogen and oxygen atoms in total. The number of nitrogens with zero attached hydrogens (tertiary/aromatic N) is 4. The molecule has 0 bridgehead atoms. The highest BCUT2D eigenvalue weighted by atomic mass is 32.2. The van der Waals surface area contributed by atoms with E-state index in [1.165, 1.54) is 16.7 Å². The highest BCUT2D eigenvalue weighted by Gasteiger charge is 2.55. The first-order chi connectivity index (χ1) is 27.0. The van der Waals surface area contributed by atoms with Crippen LogP contribution in [0, 0.1) is 11.3 Å². The predicted octanol–water partition coefficient (Wildman–Crippen LogP) is 5.95. The number of allylic oxidation sites excluding steroid dienone is 1. The first-order valence-electron chi connectivity index (χ1n) is 18.4. The molecule has 0 unspecified atom stereocenters. The fourth-order valence-electron chi connectivity index (χ4n) is 6.90. The highest BCUT2D eigenvalue weighted by molar-refractivity contribution is 8.00. The minimum absolute atomic E-state index is 0.0616. The van der Waals surface area contributed by atoms with Gasteiger partial charge in [0, 0.05) is 42.1 Å². The fourth-order valence-corrected chi connectivity index (χ4v) is 8.21. The summed E-state index contributed by atoms with van der Waals surface area (Å²) in [5, 5.41) is 11.2. The van der Waals surface area contributed by atoms with E-state index in [0.717, 1.165) is 22.3 Å². The van der Waals surface area contributed by atoms with Gasteiger partial charge in [0.1, 0.15) is 22.7 Å². The zero-order valence-electron chi connectivity index (χ0n) is 31.4. The Morgan fingerprint density at radius 3 is 2.20 bits per heavy atom. The maximum Gasteiger partial charge on any atom is 0.408 e. The molecule has 2 fully saturated rings. The van der Waals surface area contributed by atoms with Gasteiger partial charge in [-0.25, -0.2) is 14.2 Å². The Bertz CT molecular complexity index is 2190. The number of rotatable bonds is 10. The summed E-state index contributed by atoms with van der Waals surface area (Å²) in [6.07, 6.45) is 4.66. The van der Waals surface area contributed by atoms with E-state index in [0.29, 0.717) is 48.5 Å². The van der Waals surface area contributed by atoms with Crippen LogP contribution in [0.1, 0.15) is 61.1 Å². The predicted molar refractivity (Wildman–Crippen MR) is 209 cm³/mol. The number of nitriles is 1. The molecule has 4 aromatic rings. The van der Waals surface area contributed by atoms with Gasteiger partial charge in [0.25, 0.3) is 5.91 Å². The maximum absolute atomic E-state index is 14.4. The van der Waals surface area contributed by atoms with Crippen molar-refractivity contribution in [2.75, 3.05) is 12.3 Å². The van der Waals surface area contributed by atoms with Crippen molar-refractivity contribution in [3.8, 4) is 6.07 Å². The lowest BCUT2D eigenvalue weighted by Crippen LogP contribution is -2.70. The summed E-state index contributed by atoms with van der Waals surface area (Å²) in [6, 6.07) is 31.4. The number of hydrogen-bond acceptors (Lipinski definition) is 8. The fraction of sp³-hybridized carbons (Fsp3) is 0.273. The molecule has 7 rings (SSSR count). The second kappa shape index (κ2) is 16.3. The Morgan fingerprint density at radius 2 is 1.59 bits per heavy atom. The van der Waals surface area contributed by atoms with Crippen LogP contribution in [-0.2, 0) is 36.9 Å². The molecular formula is C44H42N5O6S+. The maximum atomic E-state index is 14.4. The average Bonchev–Trinajstić information content (AvgIpc) is 3.53. The molecular weight excluding hydrogens is 727 g/mol. The number of aromatic nitrogens is 1. The summed E-state index contributed by atoms with van der Waals surface area (Å²) in [6.45, 7) is 6.79. The Hall–Kier alpha value is -6.19. The van der Waals surface area contributed by atoms with Crippen LogP contribution in [0.4, 0.5) is 4.79 Å². The van der Waals surface area contributed by atoms with Crippen LogP contribution < -0.4 is 9.88 Å². The minimum Gasteiger partial charge on any atom is -0.448 e. The Labute approximate surface area is 330 Å². The van der Waals surface area contributed by atoms with E-state index in [1.54, 1.807) is 43.9 Å². The number of β-lactam (4-membered cyclic amide) rings is 1. The third-order valence-corrected chi connectivity index (χ3v) is 10.9. The minimum atomic E-state index is -0.900. The number of amides is 3. The number of nitrogens with one attached hydrogen (secondary N) is 1. The lowest BCUT2D eigenvalue weighted by molar-refractivity contribution is -0.688. The summed E-state index contributed by atoms with van der Waals surface area (Å²) in [5.74, 6) is -1.00. The average molecular weight is 769 g/mol. The highest BCUT2D eigenvalue weighted by Crippen LogP contribution is 2.42. The standard InChI is InChI=1S/C44H41N5O6S/c1-44(2,3)55-43(53)46-36-40(51)49-37(42(52)54-38(32-10-6-4-7-11-32)33-12-8-5-9-13-33)35(28-56-41(36)49)24-34-20-23-48(39(34)50)27-31-18-21-47(22-19-31)26-30-16-14-29(25-45)15-17-30/h4-19,21-22,24,36,38,41H,20,23,26-28H2,1-3H3/p+1/t36-,41-/m1/s1. The summed E-state index contributed by atoms with van der Waals surface area (Å²) < 4.78 is 13.7. The van der Waals surface area contributed by atoms with E-state index < -0.39 is 41.1 Å². The van der Waals surface area contributed by atoms with Crippen molar-refractivity contribution < 1.29 is 33.2 Å². The quantitative estimate of drug-likeness (QED) is 0.0907. The van der Waals surface area contributed by atoms with Gasteiger partial charge in [0.05, 0.1) is 11.6 Å². The van der Waals surface area contributed by atoms with Gasteiger partial charge in [0.2, 0.25) is 5.91 Å². The second-order valence-corrected chi connectivity index (χ2v) is 16.0. The molecule has 56 heavy (non-hydrogen) atoms. The molecule has 3 aromatic carbocycles. The second-order valence-electron chi connectivity index (χ2n) is 14.8. The van der Waals surface area contributed by atoms with Gasteiger partial charge in [-0.1, -0.05) is 72.8 Å². The number of alkyl carbamates (subject to hydrolysis) is 1. The summed E-state index contributed by atoms with van der Waals surface area (Å²) in [7, 11) is 0. The van der Waals surface area contributed by atoms with E-state index in [4.69, 9.17) is 14.7 Å². The lowest BCUT2D eigenvalue weighted by atomic mass is 10.00. The van der Waals surface area contributed by atoms with Crippen molar-refractivity contribution in [2.24, 2.45) is 0 Å². The van der Waals surface area contributed by atoms with Gasteiger partial charge in [-0.05, 0) is 67.7 Å². The van der Waals surface area contributed by atoms with Gasteiger partial charge < -0.3 is 19.7 Å². The molecule has 3 aliphatic heterocycles. The molecule has 3 aliphatic rings. The molecule has 2 saturated heterocycles. The van der Waals surface area contributed by atoms with Crippen molar-refractivity contribution in [1.29, 1.82) is 5.26 Å². The summed E-state index contributed by atoms with van der Waals surface area (Å²) in [5.41, 5.74) is 4.53. The zero-order valence-corrected chi connectivity index (χ0v) is 32.2. The van der Waals surface area contributed by atoms with E-state index in [-0.39, 0.29) is 11.6 Å². The van der Waals surface area contributed by atoms with Crippen LogP contribution >= 0.6 is 11.8 Å². The number of likely N-dealkylation sites (tertiary alicyclic amines) is 1. The zero-order chi connectivity index (χ0) is 39.4. The van der Waals surface area contributed by atoms with Crippen molar-refractivity contribution in [2.45, 2.75) is 63.4 Å². The molecule has 0 aliphatic carbocycles. The number of carbonyl (C=O) groups excluding carboxylic acids is 4. The van der Waals surface area contributed by atoms with Crippen molar-refractivity contribution in [1.82, 2.24) is 15.1 Å². The number of thioether (sulfide) groups is 1. The van der Waals surface area contributed by atoms with E-state index in [1.807, 2.05) is 102 Å². The van der Waals surface area contributed by atoms with Gasteiger partial charge >= 0.3 is 12.1 Å². The van der Waals surface area contributed by atoms with Crippen LogP contribution in [0.15, 0.2) is 132 Å². The Kier molecular flexibility index (Phi) is 11.1. The van der Waals surface area contributed by atoms with Crippen LogP contribution in [0.3, 0.4) is 0 Å². The lowest BCUT2D eigenvalue weighted by Gasteiger charge is -2.49. The van der Waals surface area contributed by atoms with Gasteiger partial charge in [-0.2, -0.15) is 5.26 Å². The van der Waals surface area contributed by atoms with Crippen molar-refractivity contribution in [3.63, 3.8) is 0 Å². The molecule has 0 spiro atoms. The first-order valence-corrected chi connectivity index (χ1v) is 19.5. The molecule has 0 radical (unpaired) electrons. The van der Waals surface area contributed by atoms with E-state index >= 15 is 0 Å². The monoisotopic (exact) mass is 768 g/mol. The van der Waals surface area contributed by atoms with Crippen LogP contribution in [0.5, 0.6) is 0 Å². The van der Waals surface area contributed by atoms with E-state index in [9.17, 15) is 19.2 Å².